The van der Waals surface area contributed by atoms with E-state index in [1.54, 1.807) is 23.1 Å². The van der Waals surface area contributed by atoms with Crippen LogP contribution in [0.4, 0.5) is 5.69 Å². The van der Waals surface area contributed by atoms with Gasteiger partial charge in [-0.15, -0.1) is 10.2 Å². The van der Waals surface area contributed by atoms with Crippen molar-refractivity contribution in [3.05, 3.63) is 76.7 Å². The van der Waals surface area contributed by atoms with E-state index in [4.69, 9.17) is 4.99 Å². The van der Waals surface area contributed by atoms with Crippen LogP contribution in [0.1, 0.15) is 10.6 Å². The van der Waals surface area contributed by atoms with Gasteiger partial charge in [-0.3, -0.25) is 0 Å². The lowest BCUT2D eigenvalue weighted by molar-refractivity contribution is 0.986. The van der Waals surface area contributed by atoms with Gasteiger partial charge in [-0.05, 0) is 61.4 Å². The highest BCUT2D eigenvalue weighted by Crippen LogP contribution is 2.27. The maximum Gasteiger partial charge on any atom is 0.180 e. The maximum atomic E-state index is 4.75. The van der Waals surface area contributed by atoms with Crippen LogP contribution >= 0.6 is 34.9 Å². The van der Waals surface area contributed by atoms with Crippen molar-refractivity contribution >= 4 is 45.6 Å². The van der Waals surface area contributed by atoms with E-state index >= 15 is 0 Å². The van der Waals surface area contributed by atoms with E-state index in [9.17, 15) is 0 Å². The number of hydrogen-bond donors (Lipinski definition) is 0. The Morgan fingerprint density at radius 3 is 2.44 bits per heavy atom. The minimum Gasteiger partial charge on any atom is -0.242 e. The predicted molar refractivity (Wildman–Crippen MR) is 110 cm³/mol. The highest BCUT2D eigenvalue weighted by atomic mass is 32.2. The Morgan fingerprint density at radius 2 is 1.76 bits per heavy atom. The zero-order chi connectivity index (χ0) is 17.5. The van der Waals surface area contributed by atoms with E-state index in [0.29, 0.717) is 0 Å². The van der Waals surface area contributed by atoms with Gasteiger partial charge in [0.1, 0.15) is 10.1 Å². The lowest BCUT2D eigenvalue weighted by Gasteiger charge is -2.00. The molecule has 3 rings (SSSR count). The lowest BCUT2D eigenvalue weighted by atomic mass is 10.2. The molecule has 2 aromatic carbocycles. The first-order valence-electron chi connectivity index (χ1n) is 7.70. The maximum absolute atomic E-state index is 4.75. The van der Waals surface area contributed by atoms with E-state index in [0.717, 1.165) is 20.1 Å². The molecule has 3 aromatic rings. The summed E-state index contributed by atoms with van der Waals surface area (Å²) in [5.74, 6) is 0. The Bertz CT molecular complexity index is 868. The standard InChI is InChI=1S/C19H17N3S3/c1-14-8-10-16(11-9-14)20-18(25-19-22-21-15(2)24-19)12-13-23-17-6-4-3-5-7-17/h3-13H,1-2H3. The molecule has 0 aliphatic carbocycles. The zero-order valence-electron chi connectivity index (χ0n) is 13.9. The molecule has 0 aliphatic rings. The molecule has 3 nitrogen and oxygen atoms in total. The number of aliphatic imine (C=N–C) groups is 1. The molecule has 0 saturated heterocycles. The second-order valence-electron chi connectivity index (χ2n) is 5.21. The van der Waals surface area contributed by atoms with E-state index in [1.807, 2.05) is 43.3 Å². The quantitative estimate of drug-likeness (QED) is 0.295. The Labute approximate surface area is 160 Å². The highest BCUT2D eigenvalue weighted by molar-refractivity contribution is 8.15. The average Bonchev–Trinajstić information content (AvgIpc) is 3.03. The van der Waals surface area contributed by atoms with Gasteiger partial charge in [0.2, 0.25) is 0 Å². The normalized spacial score (nSPS) is 12.0. The summed E-state index contributed by atoms with van der Waals surface area (Å²) in [5, 5.41) is 12.2. The molecule has 6 heteroatoms. The van der Waals surface area contributed by atoms with Crippen LogP contribution in [0.2, 0.25) is 0 Å². The molecule has 0 atom stereocenters. The van der Waals surface area contributed by atoms with Gasteiger partial charge in [-0.25, -0.2) is 4.99 Å². The monoisotopic (exact) mass is 383 g/mol. The van der Waals surface area contributed by atoms with Crippen LogP contribution in [0.15, 0.2) is 80.3 Å². The molecule has 0 radical (unpaired) electrons. The van der Waals surface area contributed by atoms with Crippen molar-refractivity contribution in [3.8, 4) is 0 Å². The van der Waals surface area contributed by atoms with E-state index in [1.165, 1.54) is 22.2 Å². The molecule has 126 valence electrons. The van der Waals surface area contributed by atoms with Gasteiger partial charge in [-0.1, -0.05) is 59.0 Å². The summed E-state index contributed by atoms with van der Waals surface area (Å²) in [7, 11) is 0. The second-order valence-corrected chi connectivity index (χ2v) is 8.64. The molecule has 0 N–H and O–H groups in total. The Balaban J connectivity index is 1.79. The largest absolute Gasteiger partial charge is 0.242 e. The van der Waals surface area contributed by atoms with Crippen LogP contribution < -0.4 is 0 Å². The topological polar surface area (TPSA) is 38.1 Å². The van der Waals surface area contributed by atoms with Crippen LogP contribution in [0.3, 0.4) is 0 Å². The molecular weight excluding hydrogens is 366 g/mol. The Kier molecular flexibility index (Phi) is 6.44. The zero-order valence-corrected chi connectivity index (χ0v) is 16.4. The minimum absolute atomic E-state index is 0.892. The molecule has 0 spiro atoms. The summed E-state index contributed by atoms with van der Waals surface area (Å²) in [6.45, 7) is 4.03. The molecule has 0 bridgehead atoms. The highest BCUT2D eigenvalue weighted by Gasteiger charge is 2.06. The van der Waals surface area contributed by atoms with Gasteiger partial charge in [0.05, 0.1) is 5.69 Å². The summed E-state index contributed by atoms with van der Waals surface area (Å²) < 4.78 is 0.901. The average molecular weight is 384 g/mol. The fourth-order valence-electron chi connectivity index (χ4n) is 1.92. The van der Waals surface area contributed by atoms with Gasteiger partial charge < -0.3 is 0 Å². The van der Waals surface area contributed by atoms with Crippen molar-refractivity contribution in [1.29, 1.82) is 0 Å². The molecule has 1 aromatic heterocycles. The number of aromatic nitrogens is 2. The van der Waals surface area contributed by atoms with Crippen molar-refractivity contribution in [2.75, 3.05) is 0 Å². The number of aryl methyl sites for hydroxylation is 2. The third-order valence-corrected chi connectivity index (χ3v) is 5.77. The van der Waals surface area contributed by atoms with Gasteiger partial charge in [0.25, 0.3) is 0 Å². The van der Waals surface area contributed by atoms with Gasteiger partial charge in [0.15, 0.2) is 4.34 Å². The molecule has 25 heavy (non-hydrogen) atoms. The van der Waals surface area contributed by atoms with Crippen LogP contribution in [-0.2, 0) is 0 Å². The van der Waals surface area contributed by atoms with E-state index in [-0.39, 0.29) is 0 Å². The first kappa shape index (κ1) is 17.9. The number of thioether (sulfide) groups is 2. The van der Waals surface area contributed by atoms with Crippen LogP contribution in [-0.4, -0.2) is 15.2 Å². The molecule has 1 heterocycles. The Hall–Kier alpha value is -1.89. The fourth-order valence-corrected chi connectivity index (χ4v) is 4.42. The molecule has 0 saturated carbocycles. The molecule has 0 unspecified atom stereocenters. The summed E-state index contributed by atoms with van der Waals surface area (Å²) >= 11 is 4.79. The van der Waals surface area contributed by atoms with Crippen molar-refractivity contribution in [3.63, 3.8) is 0 Å². The Morgan fingerprint density at radius 1 is 1.00 bits per heavy atom. The predicted octanol–water partition coefficient (Wildman–Crippen LogP) is 6.28. The molecule has 0 aliphatic heterocycles. The van der Waals surface area contributed by atoms with Crippen LogP contribution in [0, 0.1) is 13.8 Å². The summed E-state index contributed by atoms with van der Waals surface area (Å²) in [6, 6.07) is 18.5. The number of rotatable bonds is 5. The van der Waals surface area contributed by atoms with Gasteiger partial charge in [-0.2, -0.15) is 0 Å². The summed E-state index contributed by atoms with van der Waals surface area (Å²) in [4.78, 5) is 5.95. The second kappa shape index (κ2) is 8.99. The number of hydrogen-bond acceptors (Lipinski definition) is 6. The first-order chi connectivity index (χ1) is 12.2. The number of benzene rings is 2. The smallest absolute Gasteiger partial charge is 0.180 e. The number of nitrogens with zero attached hydrogens (tertiary/aromatic N) is 3. The lowest BCUT2D eigenvalue weighted by Crippen LogP contribution is -1.86. The SMILES string of the molecule is Cc1ccc(N=C(C=CSc2ccccc2)Sc2nnc(C)s2)cc1. The van der Waals surface area contributed by atoms with Crippen LogP contribution in [0.5, 0.6) is 0 Å². The summed E-state index contributed by atoms with van der Waals surface area (Å²) in [5.41, 5.74) is 2.16. The van der Waals surface area contributed by atoms with Crippen molar-refractivity contribution in [1.82, 2.24) is 10.2 Å². The van der Waals surface area contributed by atoms with Crippen molar-refractivity contribution in [2.24, 2.45) is 4.99 Å². The van der Waals surface area contributed by atoms with Gasteiger partial charge >= 0.3 is 0 Å². The molecule has 0 fully saturated rings. The molecule has 0 amide bonds. The third kappa shape index (κ3) is 5.85. The van der Waals surface area contributed by atoms with Crippen molar-refractivity contribution in [2.45, 2.75) is 23.1 Å². The third-order valence-electron chi connectivity index (χ3n) is 3.13. The van der Waals surface area contributed by atoms with Crippen LogP contribution in [0.25, 0.3) is 0 Å². The first-order valence-corrected chi connectivity index (χ1v) is 10.2. The fraction of sp³-hybridized carbons (Fsp3) is 0.105. The van der Waals surface area contributed by atoms with Crippen molar-refractivity contribution < 1.29 is 0 Å². The summed E-state index contributed by atoms with van der Waals surface area (Å²) in [6.07, 6.45) is 2.03. The van der Waals surface area contributed by atoms with E-state index < -0.39 is 0 Å². The van der Waals surface area contributed by atoms with E-state index in [2.05, 4.69) is 46.8 Å². The minimum atomic E-state index is 0.892. The van der Waals surface area contributed by atoms with Gasteiger partial charge in [0, 0.05) is 4.90 Å². The molecular formula is C19H17N3S3.